The summed E-state index contributed by atoms with van der Waals surface area (Å²) in [4.78, 5) is 30.3. The molecular weight excluding hydrogens is 421 g/mol. The van der Waals surface area contributed by atoms with Crippen LogP contribution in [0.25, 0.3) is 0 Å². The lowest BCUT2D eigenvalue weighted by Crippen LogP contribution is -2.44. The minimum absolute atomic E-state index is 0.125. The lowest BCUT2D eigenvalue weighted by molar-refractivity contribution is -0.137. The molecular formula is C23H29F3N4O2. The number of rotatable bonds is 4. The highest BCUT2D eigenvalue weighted by molar-refractivity contribution is 5.86. The van der Waals surface area contributed by atoms with Crippen molar-refractivity contribution in [3.8, 4) is 6.07 Å². The second kappa shape index (κ2) is 9.00. The molecule has 3 rings (SSSR count). The molecule has 0 radical (unpaired) electrons. The normalized spacial score (nSPS) is 20.3. The van der Waals surface area contributed by atoms with Gasteiger partial charge in [0.15, 0.2) is 0 Å². The zero-order chi connectivity index (χ0) is 23.7. The molecule has 0 aliphatic carbocycles. The molecule has 1 spiro atoms. The molecule has 1 aromatic rings. The van der Waals surface area contributed by atoms with Gasteiger partial charge >= 0.3 is 6.18 Å². The van der Waals surface area contributed by atoms with Crippen LogP contribution in [0.3, 0.4) is 0 Å². The van der Waals surface area contributed by atoms with Crippen LogP contribution < -0.4 is 4.90 Å². The van der Waals surface area contributed by atoms with E-state index in [4.69, 9.17) is 5.26 Å². The fraction of sp³-hybridized carbons (Fsp3) is 0.609. The van der Waals surface area contributed by atoms with Gasteiger partial charge in [-0.1, -0.05) is 6.92 Å². The first-order valence-corrected chi connectivity index (χ1v) is 10.9. The molecule has 0 bridgehead atoms. The maximum absolute atomic E-state index is 13.5. The van der Waals surface area contributed by atoms with E-state index in [0.717, 1.165) is 12.5 Å². The maximum Gasteiger partial charge on any atom is 0.417 e. The summed E-state index contributed by atoms with van der Waals surface area (Å²) in [5, 5.41) is 9.10. The number of carbonyl (C=O) groups excluding carboxylic acids is 2. The van der Waals surface area contributed by atoms with Gasteiger partial charge in [0, 0.05) is 45.8 Å². The van der Waals surface area contributed by atoms with Crippen LogP contribution in [0.4, 0.5) is 18.9 Å². The molecule has 9 heteroatoms. The second-order valence-electron chi connectivity index (χ2n) is 9.05. The Morgan fingerprint density at radius 3 is 2.44 bits per heavy atom. The van der Waals surface area contributed by atoms with E-state index in [1.54, 1.807) is 25.1 Å². The molecule has 174 valence electrons. The Balaban J connectivity index is 1.91. The van der Waals surface area contributed by atoms with E-state index >= 15 is 0 Å². The number of anilines is 1. The van der Waals surface area contributed by atoms with Crippen LogP contribution in [0.15, 0.2) is 18.2 Å². The summed E-state index contributed by atoms with van der Waals surface area (Å²) in [5.74, 6) is -0.0377. The number of nitrogens with zero attached hydrogens (tertiary/aromatic N) is 4. The Bertz CT molecular complexity index is 915. The number of piperidine rings is 1. The van der Waals surface area contributed by atoms with E-state index in [1.807, 2.05) is 11.8 Å². The zero-order valence-corrected chi connectivity index (χ0v) is 18.7. The topological polar surface area (TPSA) is 67.7 Å². The molecule has 1 aromatic carbocycles. The highest BCUT2D eigenvalue weighted by Crippen LogP contribution is 2.46. The zero-order valence-electron chi connectivity index (χ0n) is 18.7. The van der Waals surface area contributed by atoms with Gasteiger partial charge < -0.3 is 14.7 Å². The van der Waals surface area contributed by atoms with Crippen LogP contribution in [0.1, 0.15) is 50.2 Å². The van der Waals surface area contributed by atoms with E-state index in [-0.39, 0.29) is 22.9 Å². The fourth-order valence-corrected chi connectivity index (χ4v) is 4.85. The molecule has 2 fully saturated rings. The number of amides is 2. The van der Waals surface area contributed by atoms with E-state index in [1.165, 1.54) is 17.0 Å². The summed E-state index contributed by atoms with van der Waals surface area (Å²) >= 11 is 0. The summed E-state index contributed by atoms with van der Waals surface area (Å²) in [6, 6.07) is 4.66. The maximum atomic E-state index is 13.5. The Morgan fingerprint density at radius 1 is 1.25 bits per heavy atom. The summed E-state index contributed by atoms with van der Waals surface area (Å²) in [5.41, 5.74) is -1.38. The number of halogens is 3. The molecule has 2 heterocycles. The molecule has 0 saturated carbocycles. The van der Waals surface area contributed by atoms with Crippen LogP contribution in [0.2, 0.25) is 0 Å². The largest absolute Gasteiger partial charge is 0.417 e. The van der Waals surface area contributed by atoms with Crippen molar-refractivity contribution in [2.45, 2.75) is 51.2 Å². The highest BCUT2D eigenvalue weighted by Gasteiger charge is 2.49. The van der Waals surface area contributed by atoms with Crippen LogP contribution in [-0.2, 0) is 15.8 Å². The number of hydrogen-bond acceptors (Lipinski definition) is 4. The average Bonchev–Trinajstić information content (AvgIpc) is 3.11. The third-order valence-corrected chi connectivity index (χ3v) is 6.64. The summed E-state index contributed by atoms with van der Waals surface area (Å²) in [7, 11) is 3.27. The van der Waals surface area contributed by atoms with Crippen LogP contribution >= 0.6 is 0 Å². The van der Waals surface area contributed by atoms with Gasteiger partial charge in [0.2, 0.25) is 11.8 Å². The van der Waals surface area contributed by atoms with Gasteiger partial charge in [0.1, 0.15) is 6.04 Å². The number of carbonyl (C=O) groups is 2. The monoisotopic (exact) mass is 450 g/mol. The number of likely N-dealkylation sites (tertiary alicyclic amines) is 1. The van der Waals surface area contributed by atoms with Gasteiger partial charge in [0.25, 0.3) is 0 Å². The van der Waals surface area contributed by atoms with Crippen molar-refractivity contribution in [2.75, 3.05) is 38.6 Å². The second-order valence-corrected chi connectivity index (χ2v) is 9.05. The van der Waals surface area contributed by atoms with E-state index in [9.17, 15) is 22.8 Å². The molecule has 1 atom stereocenters. The molecule has 0 aromatic heterocycles. The lowest BCUT2D eigenvalue weighted by Gasteiger charge is -2.39. The Morgan fingerprint density at radius 2 is 1.91 bits per heavy atom. The lowest BCUT2D eigenvalue weighted by atomic mass is 9.76. The minimum Gasteiger partial charge on any atom is -0.359 e. The number of benzene rings is 1. The molecule has 0 N–H and O–H groups in total. The molecule has 2 saturated heterocycles. The van der Waals surface area contributed by atoms with Crippen LogP contribution in [0, 0.1) is 16.7 Å². The number of likely N-dealkylation sites (N-methyl/N-ethyl adjacent to an activating group) is 1. The van der Waals surface area contributed by atoms with Crippen molar-refractivity contribution in [1.29, 1.82) is 5.26 Å². The van der Waals surface area contributed by atoms with E-state index < -0.39 is 23.3 Å². The number of nitriles is 1. The van der Waals surface area contributed by atoms with E-state index in [2.05, 4.69) is 0 Å². The molecule has 6 nitrogen and oxygen atoms in total. The first-order chi connectivity index (χ1) is 15.0. The first-order valence-electron chi connectivity index (χ1n) is 10.9. The third kappa shape index (κ3) is 4.69. The quantitative estimate of drug-likeness (QED) is 0.702. The fourth-order valence-electron chi connectivity index (χ4n) is 4.85. The Labute approximate surface area is 186 Å². The predicted octanol–water partition coefficient (Wildman–Crippen LogP) is 3.65. The molecule has 2 aliphatic rings. The van der Waals surface area contributed by atoms with Crippen LogP contribution in [0.5, 0.6) is 0 Å². The molecule has 1 unspecified atom stereocenters. The SMILES string of the molecule is CCCC(=O)N1CCC2(CC1)CC(C(=O)N(C)C)N(c1ccc(C#N)c(C(F)(F)F)c1)C2. The van der Waals surface area contributed by atoms with Crippen molar-refractivity contribution in [3.63, 3.8) is 0 Å². The van der Waals surface area contributed by atoms with Crippen molar-refractivity contribution < 1.29 is 22.8 Å². The van der Waals surface area contributed by atoms with Gasteiger partial charge in [-0.15, -0.1) is 0 Å². The standard InChI is InChI=1S/C23H29F3N4O2/c1-4-5-20(31)29-10-8-22(9-11-29)13-19(21(32)28(2)3)30(15-22)17-7-6-16(14-27)18(12-17)23(24,25)26/h6-7,12,19H,4-5,8-11,13,15H2,1-3H3. The average molecular weight is 451 g/mol. The summed E-state index contributed by atoms with van der Waals surface area (Å²) in [6.45, 7) is 3.59. The van der Waals surface area contributed by atoms with Gasteiger partial charge in [-0.05, 0) is 49.3 Å². The van der Waals surface area contributed by atoms with E-state index in [0.29, 0.717) is 45.3 Å². The van der Waals surface area contributed by atoms with Crippen LogP contribution in [-0.4, -0.2) is 61.4 Å². The van der Waals surface area contributed by atoms with Gasteiger partial charge in [-0.2, -0.15) is 18.4 Å². The van der Waals surface area contributed by atoms with Crippen molar-refractivity contribution >= 4 is 17.5 Å². The van der Waals surface area contributed by atoms with Gasteiger partial charge in [-0.25, -0.2) is 0 Å². The minimum atomic E-state index is -4.66. The van der Waals surface area contributed by atoms with Crippen molar-refractivity contribution in [1.82, 2.24) is 9.80 Å². The first kappa shape index (κ1) is 23.9. The molecule has 2 amide bonds. The smallest absolute Gasteiger partial charge is 0.359 e. The summed E-state index contributed by atoms with van der Waals surface area (Å²) < 4.78 is 40.6. The number of alkyl halides is 3. The van der Waals surface area contributed by atoms with Gasteiger partial charge in [0.05, 0.1) is 17.2 Å². The van der Waals surface area contributed by atoms with Gasteiger partial charge in [-0.3, -0.25) is 9.59 Å². The van der Waals surface area contributed by atoms with Crippen molar-refractivity contribution in [3.05, 3.63) is 29.3 Å². The highest BCUT2D eigenvalue weighted by atomic mass is 19.4. The third-order valence-electron chi connectivity index (χ3n) is 6.64. The Hall–Kier alpha value is -2.76. The summed E-state index contributed by atoms with van der Waals surface area (Å²) in [6.07, 6.45) is -1.43. The van der Waals surface area contributed by atoms with Crippen molar-refractivity contribution in [2.24, 2.45) is 5.41 Å². The Kier molecular flexibility index (Phi) is 6.72. The predicted molar refractivity (Wildman–Crippen MR) is 114 cm³/mol. The number of hydrogen-bond donors (Lipinski definition) is 0. The molecule has 2 aliphatic heterocycles. The molecule has 32 heavy (non-hydrogen) atoms.